The molecule has 0 radical (unpaired) electrons. The first-order valence-corrected chi connectivity index (χ1v) is 7.61. The summed E-state index contributed by atoms with van der Waals surface area (Å²) in [5.74, 6) is 0. The average molecular weight is 301 g/mol. The van der Waals surface area contributed by atoms with Gasteiger partial charge in [-0.3, -0.25) is 0 Å². The van der Waals surface area contributed by atoms with Gasteiger partial charge in [-0.1, -0.05) is 54.6 Å². The highest BCUT2D eigenvalue weighted by atomic mass is 35.5. The Morgan fingerprint density at radius 1 is 1.16 bits per heavy atom. The van der Waals surface area contributed by atoms with Crippen molar-refractivity contribution in [3.63, 3.8) is 0 Å². The van der Waals surface area contributed by atoms with E-state index in [0.717, 1.165) is 18.4 Å². The van der Waals surface area contributed by atoms with Crippen LogP contribution in [0.1, 0.15) is 43.7 Å². The summed E-state index contributed by atoms with van der Waals surface area (Å²) in [5, 5.41) is 1.18. The van der Waals surface area contributed by atoms with Crippen molar-refractivity contribution >= 4 is 23.2 Å². The van der Waals surface area contributed by atoms with Gasteiger partial charge in [0.1, 0.15) is 0 Å². The van der Waals surface area contributed by atoms with Crippen LogP contribution in [0.25, 0.3) is 0 Å². The molecule has 0 aliphatic heterocycles. The summed E-state index contributed by atoms with van der Waals surface area (Å²) in [5.41, 5.74) is 7.55. The van der Waals surface area contributed by atoms with Gasteiger partial charge in [0.2, 0.25) is 0 Å². The van der Waals surface area contributed by atoms with Crippen LogP contribution in [0.2, 0.25) is 10.0 Å². The zero-order valence-electron chi connectivity index (χ0n) is 11.6. The minimum atomic E-state index is -0.103. The Bertz CT molecular complexity index is 440. The van der Waals surface area contributed by atoms with E-state index in [0.29, 0.717) is 10.0 Å². The molecular weight excluding hydrogens is 279 g/mol. The second-order valence-corrected chi connectivity index (χ2v) is 6.46. The lowest BCUT2D eigenvalue weighted by molar-refractivity contribution is 0.0714. The van der Waals surface area contributed by atoms with Crippen molar-refractivity contribution in [1.82, 2.24) is 4.90 Å². The van der Waals surface area contributed by atoms with Gasteiger partial charge in [-0.2, -0.15) is 0 Å². The fraction of sp³-hybridized carbons (Fsp3) is 0.600. The first-order chi connectivity index (χ1) is 8.99. The maximum atomic E-state index is 6.59. The van der Waals surface area contributed by atoms with Crippen LogP contribution in [0, 0.1) is 0 Å². The molecule has 0 bridgehead atoms. The molecule has 0 aromatic heterocycles. The number of benzene rings is 1. The van der Waals surface area contributed by atoms with Gasteiger partial charge >= 0.3 is 0 Å². The van der Waals surface area contributed by atoms with Gasteiger partial charge in [0.25, 0.3) is 0 Å². The van der Waals surface area contributed by atoms with E-state index in [1.54, 1.807) is 0 Å². The van der Waals surface area contributed by atoms with E-state index in [4.69, 9.17) is 28.9 Å². The number of rotatable bonds is 3. The SMILES string of the molecule is CN(C)C1(C(N)c2cccc(Cl)c2Cl)CCCCC1. The fourth-order valence-electron chi connectivity index (χ4n) is 3.25. The zero-order valence-corrected chi connectivity index (χ0v) is 13.1. The van der Waals surface area contributed by atoms with E-state index in [9.17, 15) is 0 Å². The molecule has 0 amide bonds. The maximum absolute atomic E-state index is 6.59. The van der Waals surface area contributed by atoms with Gasteiger partial charge < -0.3 is 10.6 Å². The van der Waals surface area contributed by atoms with E-state index in [2.05, 4.69) is 19.0 Å². The first-order valence-electron chi connectivity index (χ1n) is 6.86. The van der Waals surface area contributed by atoms with Gasteiger partial charge in [-0.25, -0.2) is 0 Å². The molecule has 1 aromatic carbocycles. The molecule has 0 spiro atoms. The molecule has 1 aromatic rings. The van der Waals surface area contributed by atoms with Crippen LogP contribution in [-0.4, -0.2) is 24.5 Å². The second-order valence-electron chi connectivity index (χ2n) is 5.68. The van der Waals surface area contributed by atoms with Crippen molar-refractivity contribution in [3.05, 3.63) is 33.8 Å². The maximum Gasteiger partial charge on any atom is 0.0640 e. The van der Waals surface area contributed by atoms with E-state index in [-0.39, 0.29) is 11.6 Å². The van der Waals surface area contributed by atoms with Crippen molar-refractivity contribution in [2.75, 3.05) is 14.1 Å². The second kappa shape index (κ2) is 6.01. The van der Waals surface area contributed by atoms with Crippen molar-refractivity contribution < 1.29 is 0 Å². The number of likely N-dealkylation sites (N-methyl/N-ethyl adjacent to an activating group) is 1. The molecule has 106 valence electrons. The summed E-state index contributed by atoms with van der Waals surface area (Å²) in [6.07, 6.45) is 5.98. The summed E-state index contributed by atoms with van der Waals surface area (Å²) in [7, 11) is 4.23. The van der Waals surface area contributed by atoms with Crippen molar-refractivity contribution in [1.29, 1.82) is 0 Å². The van der Waals surface area contributed by atoms with Crippen LogP contribution < -0.4 is 5.73 Å². The highest BCUT2D eigenvalue weighted by Crippen LogP contribution is 2.43. The number of nitrogens with two attached hydrogens (primary N) is 1. The summed E-state index contributed by atoms with van der Waals surface area (Å²) in [6.45, 7) is 0. The molecule has 19 heavy (non-hydrogen) atoms. The minimum Gasteiger partial charge on any atom is -0.322 e. The topological polar surface area (TPSA) is 29.3 Å². The Morgan fingerprint density at radius 3 is 2.37 bits per heavy atom. The van der Waals surface area contributed by atoms with Gasteiger partial charge in [-0.05, 0) is 38.6 Å². The Balaban J connectivity index is 2.39. The van der Waals surface area contributed by atoms with Gasteiger partial charge in [-0.15, -0.1) is 0 Å². The van der Waals surface area contributed by atoms with Gasteiger partial charge in [0.15, 0.2) is 0 Å². The summed E-state index contributed by atoms with van der Waals surface area (Å²) in [6, 6.07) is 5.63. The summed E-state index contributed by atoms with van der Waals surface area (Å²) < 4.78 is 0. The van der Waals surface area contributed by atoms with Crippen LogP contribution in [-0.2, 0) is 0 Å². The molecule has 1 atom stereocenters. The van der Waals surface area contributed by atoms with E-state index >= 15 is 0 Å². The quantitative estimate of drug-likeness (QED) is 0.904. The summed E-state index contributed by atoms with van der Waals surface area (Å²) in [4.78, 5) is 2.27. The van der Waals surface area contributed by atoms with Crippen molar-refractivity contribution in [3.8, 4) is 0 Å². The lowest BCUT2D eigenvalue weighted by Crippen LogP contribution is -2.53. The van der Waals surface area contributed by atoms with Crippen LogP contribution in [0.4, 0.5) is 0 Å². The van der Waals surface area contributed by atoms with Crippen LogP contribution >= 0.6 is 23.2 Å². The molecular formula is C15H22Cl2N2. The monoisotopic (exact) mass is 300 g/mol. The van der Waals surface area contributed by atoms with Crippen LogP contribution in [0.15, 0.2) is 18.2 Å². The third-order valence-corrected chi connectivity index (χ3v) is 5.34. The van der Waals surface area contributed by atoms with Crippen molar-refractivity contribution in [2.24, 2.45) is 5.73 Å². The normalized spacial score (nSPS) is 20.5. The molecule has 0 saturated heterocycles. The molecule has 0 heterocycles. The molecule has 1 aliphatic rings. The Morgan fingerprint density at radius 2 is 1.79 bits per heavy atom. The minimum absolute atomic E-state index is 0.00737. The Hall–Kier alpha value is -0.280. The lowest BCUT2D eigenvalue weighted by atomic mass is 9.73. The highest BCUT2D eigenvalue weighted by Gasteiger charge is 2.41. The Kier molecular flexibility index (Phi) is 4.78. The zero-order chi connectivity index (χ0) is 14.0. The number of halogens is 2. The van der Waals surface area contributed by atoms with Crippen LogP contribution in [0.3, 0.4) is 0 Å². The van der Waals surface area contributed by atoms with Gasteiger partial charge in [0.05, 0.1) is 10.0 Å². The molecule has 1 unspecified atom stereocenters. The number of hydrogen-bond acceptors (Lipinski definition) is 2. The molecule has 1 saturated carbocycles. The molecule has 1 fully saturated rings. The highest BCUT2D eigenvalue weighted by molar-refractivity contribution is 6.42. The molecule has 1 aliphatic carbocycles. The van der Waals surface area contributed by atoms with E-state index in [1.807, 2.05) is 18.2 Å². The van der Waals surface area contributed by atoms with Gasteiger partial charge in [0, 0.05) is 11.6 Å². The largest absolute Gasteiger partial charge is 0.322 e. The summed E-state index contributed by atoms with van der Waals surface area (Å²) >= 11 is 12.5. The van der Waals surface area contributed by atoms with Crippen LogP contribution in [0.5, 0.6) is 0 Å². The smallest absolute Gasteiger partial charge is 0.0640 e. The average Bonchev–Trinajstić information content (AvgIpc) is 2.41. The molecule has 4 heteroatoms. The predicted molar refractivity (Wildman–Crippen MR) is 82.9 cm³/mol. The first kappa shape index (κ1) is 15.1. The molecule has 2 N–H and O–H groups in total. The standard InChI is InChI=1S/C15H22Cl2N2/c1-19(2)15(9-4-3-5-10-15)14(18)11-7-6-8-12(16)13(11)17/h6-8,14H,3-5,9-10,18H2,1-2H3. The lowest BCUT2D eigenvalue weighted by Gasteiger charge is -2.47. The van der Waals surface area contributed by atoms with E-state index < -0.39 is 0 Å². The Labute approximate surface area is 125 Å². The molecule has 2 nitrogen and oxygen atoms in total. The molecule has 2 rings (SSSR count). The predicted octanol–water partition coefficient (Wildman–Crippen LogP) is 4.26. The fourth-order valence-corrected chi connectivity index (χ4v) is 3.68. The number of hydrogen-bond donors (Lipinski definition) is 1. The van der Waals surface area contributed by atoms with Crippen molar-refractivity contribution in [2.45, 2.75) is 43.7 Å². The third-order valence-electron chi connectivity index (χ3n) is 4.51. The number of nitrogens with zero attached hydrogens (tertiary/aromatic N) is 1. The third kappa shape index (κ3) is 2.78. The van der Waals surface area contributed by atoms with E-state index in [1.165, 1.54) is 19.3 Å².